The number of hydrogen-bond donors (Lipinski definition) is 0. The quantitative estimate of drug-likeness (QED) is 0.152. The van der Waals surface area contributed by atoms with Gasteiger partial charge in [-0.25, -0.2) is 0 Å². The van der Waals surface area contributed by atoms with Gasteiger partial charge in [0.25, 0.3) is 0 Å². The van der Waals surface area contributed by atoms with Gasteiger partial charge in [-0.1, -0.05) is 133 Å². The maximum absolute atomic E-state index is 2.47. The molecule has 62 heavy (non-hydrogen) atoms. The van der Waals surface area contributed by atoms with Crippen molar-refractivity contribution in [3.63, 3.8) is 0 Å². The summed E-state index contributed by atoms with van der Waals surface area (Å²) in [6, 6.07) is 87.6. The summed E-state index contributed by atoms with van der Waals surface area (Å²) >= 11 is 0. The monoisotopic (exact) mass is 792 g/mol. The number of benzene rings is 10. The molecule has 0 radical (unpaired) electrons. The fourth-order valence-corrected chi connectivity index (χ4v) is 9.52. The lowest BCUT2D eigenvalue weighted by Gasteiger charge is -2.27. The van der Waals surface area contributed by atoms with Gasteiger partial charge in [-0.15, -0.1) is 0 Å². The van der Waals surface area contributed by atoms with E-state index >= 15 is 0 Å². The molecule has 0 aliphatic carbocycles. The zero-order valence-corrected chi connectivity index (χ0v) is 33.9. The molecule has 12 rings (SSSR count). The van der Waals surface area contributed by atoms with Crippen LogP contribution in [-0.4, -0.2) is 9.13 Å². The Morgan fingerprint density at radius 2 is 0.694 bits per heavy atom. The van der Waals surface area contributed by atoms with Crippen molar-refractivity contribution >= 4 is 88.5 Å². The van der Waals surface area contributed by atoms with Gasteiger partial charge in [-0.05, 0) is 115 Å². The van der Waals surface area contributed by atoms with Crippen molar-refractivity contribution in [1.29, 1.82) is 0 Å². The number of hydrogen-bond acceptors (Lipinski definition) is 2. The highest BCUT2D eigenvalue weighted by molar-refractivity contribution is 6.19. The molecule has 0 atom stereocenters. The van der Waals surface area contributed by atoms with E-state index in [2.05, 4.69) is 262 Å². The average molecular weight is 793 g/mol. The topological polar surface area (TPSA) is 16.3 Å². The molecule has 2 heterocycles. The summed E-state index contributed by atoms with van der Waals surface area (Å²) in [7, 11) is 0. The van der Waals surface area contributed by atoms with E-state index in [4.69, 9.17) is 0 Å². The Hall–Kier alpha value is -8.34. The highest BCUT2D eigenvalue weighted by Crippen LogP contribution is 2.44. The minimum absolute atomic E-state index is 1.08. The molecule has 292 valence electrons. The highest BCUT2D eigenvalue weighted by atomic mass is 15.2. The second-order valence-electron chi connectivity index (χ2n) is 15.8. The first-order valence-electron chi connectivity index (χ1n) is 21.2. The third-order valence-corrected chi connectivity index (χ3v) is 12.2. The van der Waals surface area contributed by atoms with E-state index in [1.54, 1.807) is 0 Å². The van der Waals surface area contributed by atoms with Gasteiger partial charge in [0.05, 0.1) is 27.8 Å². The van der Waals surface area contributed by atoms with Crippen LogP contribution in [-0.2, 0) is 0 Å². The number of nitrogens with zero attached hydrogens (tertiary/aromatic N) is 4. The molecule has 4 heteroatoms. The first kappa shape index (κ1) is 35.6. The Labute approximate surface area is 360 Å². The summed E-state index contributed by atoms with van der Waals surface area (Å²) < 4.78 is 4.88. The summed E-state index contributed by atoms with van der Waals surface area (Å²) in [6.07, 6.45) is 0. The maximum atomic E-state index is 2.47. The lowest BCUT2D eigenvalue weighted by molar-refractivity contribution is 1.17. The summed E-state index contributed by atoms with van der Waals surface area (Å²) in [5, 5.41) is 7.22. The predicted octanol–water partition coefficient (Wildman–Crippen LogP) is 16.0. The van der Waals surface area contributed by atoms with Crippen LogP contribution >= 0.6 is 0 Å². The summed E-state index contributed by atoms with van der Waals surface area (Å²) in [4.78, 5) is 4.74. The van der Waals surface area contributed by atoms with Gasteiger partial charge in [-0.3, -0.25) is 0 Å². The summed E-state index contributed by atoms with van der Waals surface area (Å²) in [6.45, 7) is 0. The molecule has 0 spiro atoms. The van der Waals surface area contributed by atoms with Crippen LogP contribution in [0.3, 0.4) is 0 Å². The molecule has 0 unspecified atom stereocenters. The van der Waals surface area contributed by atoms with Gasteiger partial charge >= 0.3 is 0 Å². The van der Waals surface area contributed by atoms with Crippen LogP contribution in [0.15, 0.2) is 243 Å². The minimum atomic E-state index is 1.08. The van der Waals surface area contributed by atoms with Crippen molar-refractivity contribution < 1.29 is 0 Å². The molecule has 12 aromatic rings. The normalized spacial score (nSPS) is 11.5. The van der Waals surface area contributed by atoms with Crippen LogP contribution in [0.5, 0.6) is 0 Å². The Bertz CT molecular complexity index is 3530. The molecule has 0 N–H and O–H groups in total. The Kier molecular flexibility index (Phi) is 8.46. The minimum Gasteiger partial charge on any atom is -0.310 e. The first-order chi connectivity index (χ1) is 30.8. The molecule has 0 bridgehead atoms. The van der Waals surface area contributed by atoms with Crippen molar-refractivity contribution in [2.75, 3.05) is 9.80 Å². The third kappa shape index (κ3) is 5.84. The lowest BCUT2D eigenvalue weighted by atomic mass is 10.1. The SMILES string of the molecule is c1ccc(N(c2ccccc2)c2ccc3c(c2)c2cc4c(cc2n3-c2cccc(N(c3ccccc3)c3cccc5ccccc35)c2)c2ccccc2n4-c2ccccc2)cc1. The summed E-state index contributed by atoms with van der Waals surface area (Å²) in [5.74, 6) is 0. The molecule has 0 fully saturated rings. The van der Waals surface area contributed by atoms with Crippen molar-refractivity contribution in [3.05, 3.63) is 243 Å². The molecule has 0 aliphatic rings. The largest absolute Gasteiger partial charge is 0.310 e. The van der Waals surface area contributed by atoms with Gasteiger partial charge in [0, 0.05) is 66.7 Å². The molecule has 0 amide bonds. The zero-order chi connectivity index (χ0) is 41.0. The molecular formula is C58H40N4. The smallest absolute Gasteiger partial charge is 0.0548 e. The van der Waals surface area contributed by atoms with Gasteiger partial charge in [-0.2, -0.15) is 0 Å². The van der Waals surface area contributed by atoms with Crippen molar-refractivity contribution in [1.82, 2.24) is 9.13 Å². The highest BCUT2D eigenvalue weighted by Gasteiger charge is 2.22. The molecule has 0 aliphatic heterocycles. The molecule has 0 saturated carbocycles. The standard InChI is InChI=1S/C58H40N4/c1-5-21-42(22-6-1)59(43-23-7-2-8-24-43)48-35-36-56-51(38-48)53-40-57-52(50-32-15-16-33-55(50)61(57)45-27-11-4-12-28-45)39-58(53)62(56)47-30-18-29-46(37-47)60(44-25-9-3-10-26-44)54-34-17-20-41-19-13-14-31-49(41)54/h1-40H. The van der Waals surface area contributed by atoms with Gasteiger partial charge in [0.2, 0.25) is 0 Å². The predicted molar refractivity (Wildman–Crippen MR) is 262 cm³/mol. The molecular weight excluding hydrogens is 753 g/mol. The van der Waals surface area contributed by atoms with Gasteiger partial charge < -0.3 is 18.9 Å². The summed E-state index contributed by atoms with van der Waals surface area (Å²) in [5.41, 5.74) is 13.5. The molecule has 0 saturated heterocycles. The fraction of sp³-hybridized carbons (Fsp3) is 0. The van der Waals surface area contributed by atoms with E-state index in [-0.39, 0.29) is 0 Å². The average Bonchev–Trinajstić information content (AvgIpc) is 3.84. The maximum Gasteiger partial charge on any atom is 0.0548 e. The van der Waals surface area contributed by atoms with E-state index in [0.29, 0.717) is 0 Å². The zero-order valence-electron chi connectivity index (χ0n) is 33.9. The van der Waals surface area contributed by atoms with Crippen LogP contribution < -0.4 is 9.80 Å². The first-order valence-corrected chi connectivity index (χ1v) is 21.2. The van der Waals surface area contributed by atoms with Crippen molar-refractivity contribution in [2.24, 2.45) is 0 Å². The Morgan fingerprint density at radius 1 is 0.242 bits per heavy atom. The van der Waals surface area contributed by atoms with Gasteiger partial charge in [0.1, 0.15) is 0 Å². The van der Waals surface area contributed by atoms with E-state index in [0.717, 1.165) is 56.5 Å². The van der Waals surface area contributed by atoms with Crippen LogP contribution in [0, 0.1) is 0 Å². The lowest BCUT2D eigenvalue weighted by Crippen LogP contribution is -2.11. The molecule has 2 aromatic heterocycles. The van der Waals surface area contributed by atoms with Gasteiger partial charge in [0.15, 0.2) is 0 Å². The molecule has 4 nitrogen and oxygen atoms in total. The van der Waals surface area contributed by atoms with Crippen LogP contribution in [0.1, 0.15) is 0 Å². The second kappa shape index (κ2) is 14.7. The fourth-order valence-electron chi connectivity index (χ4n) is 9.52. The number of fused-ring (bicyclic) bond motifs is 7. The van der Waals surface area contributed by atoms with Crippen LogP contribution in [0.2, 0.25) is 0 Å². The third-order valence-electron chi connectivity index (χ3n) is 12.2. The number of rotatable bonds is 8. The number of anilines is 6. The second-order valence-corrected chi connectivity index (χ2v) is 15.8. The van der Waals surface area contributed by atoms with E-state index in [9.17, 15) is 0 Å². The van der Waals surface area contributed by atoms with Crippen molar-refractivity contribution in [2.45, 2.75) is 0 Å². The molecule has 10 aromatic carbocycles. The van der Waals surface area contributed by atoms with E-state index < -0.39 is 0 Å². The van der Waals surface area contributed by atoms with Crippen LogP contribution in [0.4, 0.5) is 34.1 Å². The number of para-hydroxylation sites is 5. The number of aromatic nitrogens is 2. The van der Waals surface area contributed by atoms with E-state index in [1.807, 2.05) is 0 Å². The Morgan fingerprint density at radius 3 is 1.39 bits per heavy atom. The van der Waals surface area contributed by atoms with Crippen molar-refractivity contribution in [3.8, 4) is 11.4 Å². The van der Waals surface area contributed by atoms with Crippen LogP contribution in [0.25, 0.3) is 65.8 Å². The Balaban J connectivity index is 1.15. The van der Waals surface area contributed by atoms with E-state index in [1.165, 1.54) is 43.4 Å².